The molecule has 3 aromatic rings. The van der Waals surface area contributed by atoms with Crippen LogP contribution in [-0.2, 0) is 27.9 Å². The summed E-state index contributed by atoms with van der Waals surface area (Å²) in [6.45, 7) is 5.69. The number of methoxy groups -OCH3 is 1. The molecule has 1 fully saturated rings. The number of alkyl halides is 3. The summed E-state index contributed by atoms with van der Waals surface area (Å²) < 4.78 is 71.8. The molecule has 5 rings (SSSR count). The van der Waals surface area contributed by atoms with E-state index in [2.05, 4.69) is 10.3 Å². The third kappa shape index (κ3) is 8.26. The number of sulfonamides is 1. The molecule has 248 valence electrons. The van der Waals surface area contributed by atoms with Crippen LogP contribution in [0.25, 0.3) is 0 Å². The molecule has 0 atom stereocenters. The minimum absolute atomic E-state index is 0.0638. The standard InChI is InChI=1S/C29H34N4O5S.C2HF3O2/c1-19-13-25(37-4)14-20(2)27(19)39(35,36)33(24-9-10-24)17-26-15-23(18-38-26)29(34)32(3)16-21-5-7-22(8-6-21)28-30-11-12-31-28;3-2(4,5)1(6)7/h5-8,13-15,18,24H,9-12,16-17H2,1-4H3,(H,30,31);(H,6,7). The van der Waals surface area contributed by atoms with E-state index in [1.807, 2.05) is 24.3 Å². The van der Waals surface area contributed by atoms with Crippen LogP contribution in [0.1, 0.15) is 51.2 Å². The molecule has 1 aliphatic heterocycles. The number of carbonyl (C=O) groups is 2. The number of nitrogens with zero attached hydrogens (tertiary/aromatic N) is 3. The zero-order valence-corrected chi connectivity index (χ0v) is 26.5. The van der Waals surface area contributed by atoms with Crippen molar-refractivity contribution in [2.75, 3.05) is 27.2 Å². The van der Waals surface area contributed by atoms with E-state index < -0.39 is 22.2 Å². The molecule has 2 aromatic carbocycles. The van der Waals surface area contributed by atoms with Crippen LogP contribution in [-0.4, -0.2) is 79.9 Å². The lowest BCUT2D eigenvalue weighted by atomic mass is 10.1. The van der Waals surface area contributed by atoms with Crippen molar-refractivity contribution in [1.29, 1.82) is 0 Å². The number of aliphatic imine (C=N–C) groups is 1. The lowest BCUT2D eigenvalue weighted by molar-refractivity contribution is -0.192. The fourth-order valence-corrected chi connectivity index (χ4v) is 7.05. The van der Waals surface area contributed by atoms with Crippen LogP contribution in [0.15, 0.2) is 63.0 Å². The van der Waals surface area contributed by atoms with E-state index in [0.29, 0.717) is 39.6 Å². The van der Waals surface area contributed by atoms with Crippen molar-refractivity contribution < 1.29 is 45.4 Å². The number of carboxylic acids is 1. The molecule has 2 N–H and O–H groups in total. The number of carboxylic acid groups (broad SMARTS) is 1. The summed E-state index contributed by atoms with van der Waals surface area (Å²) in [5, 5.41) is 10.4. The van der Waals surface area contributed by atoms with Crippen LogP contribution in [0.5, 0.6) is 5.75 Å². The molecule has 2 heterocycles. The van der Waals surface area contributed by atoms with Crippen LogP contribution in [0.3, 0.4) is 0 Å². The van der Waals surface area contributed by atoms with E-state index in [-0.39, 0.29) is 18.5 Å². The molecule has 1 saturated carbocycles. The number of hydrogen-bond acceptors (Lipinski definition) is 8. The second-order valence-electron chi connectivity index (χ2n) is 11.0. The van der Waals surface area contributed by atoms with Gasteiger partial charge in [0, 0.05) is 31.7 Å². The Kier molecular flexibility index (Phi) is 10.5. The number of halogens is 3. The summed E-state index contributed by atoms with van der Waals surface area (Å²) in [4.78, 5) is 28.4. The lowest BCUT2D eigenvalue weighted by Gasteiger charge is -2.23. The minimum atomic E-state index is -5.08. The first kappa shape index (κ1) is 34.5. The Morgan fingerprint density at radius 2 is 1.70 bits per heavy atom. The Bertz CT molecular complexity index is 1690. The van der Waals surface area contributed by atoms with Gasteiger partial charge in [-0.15, -0.1) is 0 Å². The highest BCUT2D eigenvalue weighted by Crippen LogP contribution is 2.37. The Balaban J connectivity index is 0.000000617. The smallest absolute Gasteiger partial charge is 0.490 e. The highest BCUT2D eigenvalue weighted by atomic mass is 32.2. The number of aryl methyl sites for hydroxylation is 2. The Labute approximate surface area is 264 Å². The number of nitrogens with one attached hydrogen (secondary N) is 1. The van der Waals surface area contributed by atoms with Crippen molar-refractivity contribution in [3.63, 3.8) is 0 Å². The molecular formula is C31H35F3N4O7S. The first-order chi connectivity index (χ1) is 21.6. The van der Waals surface area contributed by atoms with Crippen LogP contribution >= 0.6 is 0 Å². The van der Waals surface area contributed by atoms with Gasteiger partial charge < -0.3 is 24.5 Å². The van der Waals surface area contributed by atoms with Gasteiger partial charge in [-0.05, 0) is 61.6 Å². The largest absolute Gasteiger partial charge is 0.497 e. The molecule has 0 bridgehead atoms. The van der Waals surface area contributed by atoms with Gasteiger partial charge in [0.2, 0.25) is 10.0 Å². The zero-order chi connectivity index (χ0) is 33.8. The van der Waals surface area contributed by atoms with Gasteiger partial charge in [0.05, 0.1) is 30.7 Å². The van der Waals surface area contributed by atoms with Crippen molar-refractivity contribution >= 4 is 27.7 Å². The average molecular weight is 665 g/mol. The molecule has 0 saturated heterocycles. The normalized spacial score (nSPS) is 14.7. The molecule has 1 aromatic heterocycles. The number of furan rings is 1. The monoisotopic (exact) mass is 664 g/mol. The first-order valence-electron chi connectivity index (χ1n) is 14.3. The third-order valence-electron chi connectivity index (χ3n) is 7.31. The Morgan fingerprint density at radius 3 is 2.20 bits per heavy atom. The summed E-state index contributed by atoms with van der Waals surface area (Å²) in [6, 6.07) is 13.0. The van der Waals surface area contributed by atoms with Gasteiger partial charge in [0.15, 0.2) is 0 Å². The van der Waals surface area contributed by atoms with Crippen molar-refractivity contribution in [2.45, 2.75) is 56.9 Å². The quantitative estimate of drug-likeness (QED) is 0.323. The summed E-state index contributed by atoms with van der Waals surface area (Å²) in [7, 11) is -0.491. The highest BCUT2D eigenvalue weighted by Gasteiger charge is 2.40. The van der Waals surface area contributed by atoms with Gasteiger partial charge >= 0.3 is 12.1 Å². The maximum Gasteiger partial charge on any atom is 0.490 e. The number of rotatable bonds is 10. The molecule has 0 spiro atoms. The zero-order valence-electron chi connectivity index (χ0n) is 25.7. The Morgan fingerprint density at radius 1 is 1.09 bits per heavy atom. The summed E-state index contributed by atoms with van der Waals surface area (Å²) >= 11 is 0. The number of benzene rings is 2. The second-order valence-corrected chi connectivity index (χ2v) is 12.8. The summed E-state index contributed by atoms with van der Waals surface area (Å²) in [5.74, 6) is -1.00. The fourth-order valence-electron chi connectivity index (χ4n) is 4.98. The van der Waals surface area contributed by atoms with Crippen LogP contribution in [0, 0.1) is 13.8 Å². The summed E-state index contributed by atoms with van der Waals surface area (Å²) in [5.41, 5.74) is 3.68. The predicted molar refractivity (Wildman–Crippen MR) is 162 cm³/mol. The third-order valence-corrected chi connectivity index (χ3v) is 9.52. The van der Waals surface area contributed by atoms with Gasteiger partial charge in [0.1, 0.15) is 23.6 Å². The molecule has 46 heavy (non-hydrogen) atoms. The second kappa shape index (κ2) is 14.0. The number of aliphatic carboxylic acids is 1. The van der Waals surface area contributed by atoms with Crippen LogP contribution in [0.4, 0.5) is 13.2 Å². The van der Waals surface area contributed by atoms with E-state index >= 15 is 0 Å². The molecule has 11 nitrogen and oxygen atoms in total. The molecule has 1 aliphatic carbocycles. The van der Waals surface area contributed by atoms with Crippen molar-refractivity contribution in [1.82, 2.24) is 14.5 Å². The van der Waals surface area contributed by atoms with Crippen LogP contribution in [0.2, 0.25) is 0 Å². The molecule has 0 unspecified atom stereocenters. The predicted octanol–water partition coefficient (Wildman–Crippen LogP) is 4.51. The highest BCUT2D eigenvalue weighted by molar-refractivity contribution is 7.89. The number of ether oxygens (including phenoxy) is 1. The van der Waals surface area contributed by atoms with Crippen molar-refractivity contribution in [2.24, 2.45) is 4.99 Å². The van der Waals surface area contributed by atoms with Crippen molar-refractivity contribution in [3.8, 4) is 5.75 Å². The minimum Gasteiger partial charge on any atom is -0.497 e. The number of amides is 1. The molecule has 1 amide bonds. The van der Waals surface area contributed by atoms with E-state index in [0.717, 1.165) is 42.9 Å². The molecular weight excluding hydrogens is 629 g/mol. The Hall–Kier alpha value is -4.37. The van der Waals surface area contributed by atoms with Crippen molar-refractivity contribution in [3.05, 3.63) is 82.3 Å². The van der Waals surface area contributed by atoms with Gasteiger partial charge in [-0.3, -0.25) is 9.79 Å². The average Bonchev–Trinajstić information content (AvgIpc) is 3.46. The molecule has 15 heteroatoms. The van der Waals surface area contributed by atoms with E-state index in [1.54, 1.807) is 51.1 Å². The van der Waals surface area contributed by atoms with Gasteiger partial charge in [-0.25, -0.2) is 13.2 Å². The van der Waals surface area contributed by atoms with Gasteiger partial charge in [-0.2, -0.15) is 17.5 Å². The van der Waals surface area contributed by atoms with Crippen LogP contribution < -0.4 is 10.1 Å². The first-order valence-corrected chi connectivity index (χ1v) is 15.7. The van der Waals surface area contributed by atoms with E-state index in [4.69, 9.17) is 19.1 Å². The number of amidine groups is 1. The number of carbonyl (C=O) groups excluding carboxylic acids is 1. The maximum absolute atomic E-state index is 13.8. The molecule has 0 radical (unpaired) electrons. The summed E-state index contributed by atoms with van der Waals surface area (Å²) in [6.07, 6.45) is -2.08. The fraction of sp³-hybridized carbons (Fsp3) is 0.387. The SMILES string of the molecule is COc1cc(C)c(S(=O)(=O)N(Cc2cc(C(=O)N(C)Cc3ccc(C4=NCCN4)cc3)co2)C2CC2)c(C)c1.O=C(O)C(F)(F)F. The topological polar surface area (TPSA) is 142 Å². The van der Waals surface area contributed by atoms with Gasteiger partial charge in [-0.1, -0.05) is 24.3 Å². The van der Waals surface area contributed by atoms with E-state index in [1.165, 1.54) is 10.6 Å². The lowest BCUT2D eigenvalue weighted by Crippen LogP contribution is -2.33. The van der Waals surface area contributed by atoms with Gasteiger partial charge in [0.25, 0.3) is 5.91 Å². The van der Waals surface area contributed by atoms with E-state index in [9.17, 15) is 26.4 Å². The molecule has 2 aliphatic rings. The maximum atomic E-state index is 13.8. The number of hydrogen-bond donors (Lipinski definition) is 2.